The zero-order chi connectivity index (χ0) is 26.6. The Bertz CT molecular complexity index is 929. The predicted octanol–water partition coefficient (Wildman–Crippen LogP) is 1.34. The molecule has 4 aliphatic rings. The summed E-state index contributed by atoms with van der Waals surface area (Å²) in [7, 11) is -4.20. The lowest BCUT2D eigenvalue weighted by molar-refractivity contribution is -0.185. The number of hydrogen-bond acceptors (Lipinski definition) is 7. The quantitative estimate of drug-likeness (QED) is 0.268. The maximum atomic E-state index is 12.3. The van der Waals surface area contributed by atoms with Gasteiger partial charge in [0.1, 0.15) is 6.10 Å². The first-order chi connectivity index (χ1) is 16.7. The molecule has 208 valence electrons. The minimum Gasteiger partial charge on any atom is -0.393 e. The van der Waals surface area contributed by atoms with Gasteiger partial charge in [-0.15, -0.1) is 0 Å². The molecule has 1 amide bonds. The van der Waals surface area contributed by atoms with Gasteiger partial charge in [0, 0.05) is 6.54 Å². The van der Waals surface area contributed by atoms with E-state index >= 15 is 0 Å². The van der Waals surface area contributed by atoms with Crippen molar-refractivity contribution in [1.82, 2.24) is 5.32 Å². The van der Waals surface area contributed by atoms with Crippen LogP contribution in [0.1, 0.15) is 72.1 Å². The Labute approximate surface area is 214 Å². The molecule has 0 spiro atoms. The number of fused-ring (bicyclic) bond motifs is 5. The third kappa shape index (κ3) is 5.10. The monoisotopic (exact) mass is 531 g/mol. The Morgan fingerprint density at radius 2 is 1.69 bits per heavy atom. The van der Waals surface area contributed by atoms with E-state index in [9.17, 15) is 33.6 Å². The summed E-state index contributed by atoms with van der Waals surface area (Å²) in [4.78, 5) is 12.3. The number of hydrogen-bond donors (Lipinski definition) is 6. The number of rotatable bonds is 7. The van der Waals surface area contributed by atoms with Crippen molar-refractivity contribution in [1.29, 1.82) is 0 Å². The van der Waals surface area contributed by atoms with Gasteiger partial charge < -0.3 is 25.7 Å². The van der Waals surface area contributed by atoms with Crippen LogP contribution >= 0.6 is 0 Å². The van der Waals surface area contributed by atoms with Gasteiger partial charge in [0.25, 0.3) is 10.1 Å². The van der Waals surface area contributed by atoms with Crippen molar-refractivity contribution in [2.75, 3.05) is 12.3 Å². The first-order valence-electron chi connectivity index (χ1n) is 13.6. The van der Waals surface area contributed by atoms with Crippen LogP contribution in [-0.4, -0.2) is 76.0 Å². The van der Waals surface area contributed by atoms with Crippen LogP contribution in [-0.2, 0) is 14.9 Å². The molecule has 0 aromatic carbocycles. The van der Waals surface area contributed by atoms with E-state index in [0.29, 0.717) is 24.7 Å². The van der Waals surface area contributed by atoms with Crippen LogP contribution in [0.25, 0.3) is 0 Å². The second-order valence-corrected chi connectivity index (χ2v) is 14.5. The summed E-state index contributed by atoms with van der Waals surface area (Å²) >= 11 is 0. The first kappa shape index (κ1) is 28.2. The van der Waals surface area contributed by atoms with Gasteiger partial charge in [0.05, 0.1) is 24.1 Å². The van der Waals surface area contributed by atoms with E-state index in [1.807, 2.05) is 6.92 Å². The fourth-order valence-electron chi connectivity index (χ4n) is 9.22. The van der Waals surface area contributed by atoms with Crippen LogP contribution in [0.2, 0.25) is 0 Å². The molecule has 0 saturated heterocycles. The molecule has 6 N–H and O–H groups in total. The number of aliphatic hydroxyl groups excluding tert-OH is 4. The summed E-state index contributed by atoms with van der Waals surface area (Å²) in [6.07, 6.45) is 3.11. The summed E-state index contributed by atoms with van der Waals surface area (Å²) in [5.74, 6) is -0.726. The van der Waals surface area contributed by atoms with Gasteiger partial charge in [-0.25, -0.2) is 0 Å². The smallest absolute Gasteiger partial charge is 0.266 e. The summed E-state index contributed by atoms with van der Waals surface area (Å²) in [5.41, 5.74) is -0.163. The maximum Gasteiger partial charge on any atom is 0.266 e. The molecule has 0 aliphatic heterocycles. The topological polar surface area (TPSA) is 164 Å². The normalized spacial score (nSPS) is 46.2. The molecule has 4 rings (SSSR count). The third-order valence-corrected chi connectivity index (χ3v) is 11.7. The molecule has 4 fully saturated rings. The van der Waals surface area contributed by atoms with Gasteiger partial charge in [0.15, 0.2) is 0 Å². The molecule has 4 saturated carbocycles. The van der Waals surface area contributed by atoms with Crippen LogP contribution in [0.3, 0.4) is 0 Å². The molecule has 36 heavy (non-hydrogen) atoms. The van der Waals surface area contributed by atoms with E-state index in [1.54, 1.807) is 0 Å². The van der Waals surface area contributed by atoms with Gasteiger partial charge in [-0.05, 0) is 97.7 Å². The largest absolute Gasteiger partial charge is 0.393 e. The molecule has 4 aliphatic carbocycles. The van der Waals surface area contributed by atoms with Gasteiger partial charge in [-0.3, -0.25) is 9.35 Å². The van der Waals surface area contributed by atoms with Gasteiger partial charge >= 0.3 is 0 Å². The van der Waals surface area contributed by atoms with E-state index in [2.05, 4.69) is 19.2 Å². The summed E-state index contributed by atoms with van der Waals surface area (Å²) in [5, 5.41) is 45.8. The highest BCUT2D eigenvalue weighted by molar-refractivity contribution is 7.85. The molecule has 10 heteroatoms. The SMILES string of the molecule is C[C@H](C[C@@H](O)C(=O)NCCS(=O)(=O)O)[C@H]1C[C@H](O)[C@H]2C3C(CC[C@]12C)[C@@]1(C)CC[C@@H](O)C[C@H]1C[C@H]3O. The third-order valence-electron chi connectivity index (χ3n) is 11.0. The number of aliphatic hydroxyl groups is 4. The minimum atomic E-state index is -4.20. The Hall–Kier alpha value is -0.780. The first-order valence-corrected chi connectivity index (χ1v) is 15.2. The van der Waals surface area contributed by atoms with Crippen LogP contribution < -0.4 is 5.32 Å². The van der Waals surface area contributed by atoms with Gasteiger partial charge in [0.2, 0.25) is 5.91 Å². The Kier molecular flexibility index (Phi) is 7.90. The molecule has 0 radical (unpaired) electrons. The average molecular weight is 532 g/mol. The van der Waals surface area contributed by atoms with Crippen molar-refractivity contribution in [3.8, 4) is 0 Å². The highest BCUT2D eigenvalue weighted by atomic mass is 32.2. The molecule has 0 bridgehead atoms. The van der Waals surface area contributed by atoms with E-state index in [-0.39, 0.29) is 53.6 Å². The fourth-order valence-corrected chi connectivity index (χ4v) is 9.58. The predicted molar refractivity (Wildman–Crippen MR) is 133 cm³/mol. The lowest BCUT2D eigenvalue weighted by Gasteiger charge is -2.62. The van der Waals surface area contributed by atoms with Gasteiger partial charge in [-0.2, -0.15) is 8.42 Å². The molecule has 0 heterocycles. The lowest BCUT2D eigenvalue weighted by atomic mass is 9.43. The van der Waals surface area contributed by atoms with E-state index in [0.717, 1.165) is 32.1 Å². The minimum absolute atomic E-state index is 0.00101. The van der Waals surface area contributed by atoms with Crippen molar-refractivity contribution in [2.45, 2.75) is 96.6 Å². The number of nitrogens with one attached hydrogen (secondary N) is 1. The van der Waals surface area contributed by atoms with E-state index in [1.165, 1.54) is 0 Å². The highest BCUT2D eigenvalue weighted by Crippen LogP contribution is 2.68. The number of amides is 1. The molecular formula is C26H45NO8S. The second kappa shape index (κ2) is 10.1. The maximum absolute atomic E-state index is 12.3. The van der Waals surface area contributed by atoms with E-state index in [4.69, 9.17) is 4.55 Å². The number of carbonyl (C=O) groups excluding carboxylic acids is 1. The van der Waals surface area contributed by atoms with Crippen LogP contribution in [0.15, 0.2) is 0 Å². The molecule has 0 aromatic heterocycles. The molecule has 12 atom stereocenters. The van der Waals surface area contributed by atoms with Gasteiger partial charge in [-0.1, -0.05) is 20.8 Å². The van der Waals surface area contributed by atoms with E-state index < -0.39 is 40.1 Å². The van der Waals surface area contributed by atoms with Crippen LogP contribution in [0.5, 0.6) is 0 Å². The molecular weight excluding hydrogens is 486 g/mol. The Morgan fingerprint density at radius 3 is 2.36 bits per heavy atom. The van der Waals surface area contributed by atoms with Crippen LogP contribution in [0, 0.1) is 46.3 Å². The summed E-state index contributed by atoms with van der Waals surface area (Å²) < 4.78 is 30.5. The van der Waals surface area contributed by atoms with Crippen molar-refractivity contribution in [3.05, 3.63) is 0 Å². The second-order valence-electron chi connectivity index (χ2n) is 12.9. The Morgan fingerprint density at radius 1 is 1.03 bits per heavy atom. The zero-order valence-electron chi connectivity index (χ0n) is 21.7. The van der Waals surface area contributed by atoms with Crippen molar-refractivity contribution >= 4 is 16.0 Å². The lowest BCUT2D eigenvalue weighted by Crippen LogP contribution is -2.60. The Balaban J connectivity index is 1.46. The standard InChI is InChI=1S/C26H45NO8S/c1-14(10-21(31)24(32)27-8-9-36(33,34)35)18-13-20(30)23-22-17(5-7-26(18,23)3)25(2)6-4-16(28)11-15(25)12-19(22)29/h14-23,28-31H,4-13H2,1-3H3,(H,27,32)(H,33,34,35)/t14-,15+,16-,17?,18-,19-,20+,21-,22?,23+,25+,26-/m1/s1. The average Bonchev–Trinajstić information content (AvgIpc) is 3.05. The van der Waals surface area contributed by atoms with Crippen molar-refractivity contribution < 1.29 is 38.2 Å². The summed E-state index contributed by atoms with van der Waals surface area (Å²) in [6, 6.07) is 0. The van der Waals surface area contributed by atoms with Crippen molar-refractivity contribution in [2.24, 2.45) is 46.3 Å². The molecule has 9 nitrogen and oxygen atoms in total. The fraction of sp³-hybridized carbons (Fsp3) is 0.962. The van der Waals surface area contributed by atoms with Crippen molar-refractivity contribution in [3.63, 3.8) is 0 Å². The molecule has 2 unspecified atom stereocenters. The number of carbonyl (C=O) groups is 1. The zero-order valence-corrected chi connectivity index (χ0v) is 22.5. The summed E-state index contributed by atoms with van der Waals surface area (Å²) in [6.45, 7) is 6.25. The van der Waals surface area contributed by atoms with Crippen LogP contribution in [0.4, 0.5) is 0 Å². The molecule has 0 aromatic rings. The highest BCUT2D eigenvalue weighted by Gasteiger charge is 2.65.